The van der Waals surface area contributed by atoms with Crippen LogP contribution in [0.2, 0.25) is 0 Å². The highest BCUT2D eigenvalue weighted by Crippen LogP contribution is 2.61. The average molecular weight is 407 g/mol. The molecule has 6 rings (SSSR count). The molecule has 3 N–H and O–H groups in total. The second kappa shape index (κ2) is 6.67. The number of hydrazine groups is 1. The number of carbonyl (C=O) groups is 2. The summed E-state index contributed by atoms with van der Waals surface area (Å²) in [5.74, 6) is 0.259. The van der Waals surface area contributed by atoms with Gasteiger partial charge in [0.25, 0.3) is 5.91 Å². The maximum absolute atomic E-state index is 13.0. The number of amides is 2. The maximum atomic E-state index is 13.0. The summed E-state index contributed by atoms with van der Waals surface area (Å²) in [5, 5.41) is 13.3. The maximum Gasteiger partial charge on any atom is 0.289 e. The van der Waals surface area contributed by atoms with Crippen LogP contribution in [-0.2, 0) is 9.53 Å². The van der Waals surface area contributed by atoms with Gasteiger partial charge in [0.2, 0.25) is 5.91 Å². The van der Waals surface area contributed by atoms with Crippen LogP contribution in [0.1, 0.15) is 49.0 Å². The number of morpholine rings is 1. The first kappa shape index (κ1) is 18.3. The molecule has 152 valence electrons. The Labute approximate surface area is 167 Å². The van der Waals surface area contributed by atoms with Gasteiger partial charge in [-0.05, 0) is 50.4 Å². The molecule has 4 bridgehead atoms. The van der Waals surface area contributed by atoms with Crippen molar-refractivity contribution in [2.24, 2.45) is 17.3 Å². The topological polar surface area (TPSA) is 104 Å². The van der Waals surface area contributed by atoms with Crippen LogP contribution in [0.25, 0.3) is 0 Å². The lowest BCUT2D eigenvalue weighted by Gasteiger charge is -2.59. The summed E-state index contributed by atoms with van der Waals surface area (Å²) in [6.45, 7) is 2.85. The summed E-state index contributed by atoms with van der Waals surface area (Å²) in [4.78, 5) is 31.9. The molecule has 4 aliphatic carbocycles. The SMILES string of the molecule is O=C(NNC(=O)C12CC3CC(CC(O)(C3)C1)C2)c1csc(N2CCOCC2)n1. The normalized spacial score (nSPS) is 36.4. The molecule has 28 heavy (non-hydrogen) atoms. The predicted octanol–water partition coefficient (Wildman–Crippen LogP) is 1.07. The summed E-state index contributed by atoms with van der Waals surface area (Å²) >= 11 is 1.42. The van der Waals surface area contributed by atoms with Gasteiger partial charge in [0.1, 0.15) is 5.69 Å². The Balaban J connectivity index is 1.21. The van der Waals surface area contributed by atoms with E-state index in [2.05, 4.69) is 20.7 Å². The minimum atomic E-state index is -0.701. The van der Waals surface area contributed by atoms with Crippen LogP contribution < -0.4 is 15.8 Å². The van der Waals surface area contributed by atoms with Crippen LogP contribution >= 0.6 is 11.3 Å². The molecule has 8 nitrogen and oxygen atoms in total. The first-order valence-corrected chi connectivity index (χ1v) is 10.9. The number of hydrogen-bond donors (Lipinski definition) is 3. The van der Waals surface area contributed by atoms with Crippen LogP contribution in [0, 0.1) is 17.3 Å². The molecule has 5 aliphatic rings. The van der Waals surface area contributed by atoms with E-state index in [0.717, 1.165) is 50.3 Å². The van der Waals surface area contributed by atoms with E-state index in [1.165, 1.54) is 11.3 Å². The molecule has 1 saturated heterocycles. The van der Waals surface area contributed by atoms with Crippen molar-refractivity contribution in [1.29, 1.82) is 0 Å². The van der Waals surface area contributed by atoms with Gasteiger partial charge in [-0.1, -0.05) is 0 Å². The lowest BCUT2D eigenvalue weighted by Crippen LogP contribution is -2.61. The van der Waals surface area contributed by atoms with Crippen molar-refractivity contribution in [2.75, 3.05) is 31.2 Å². The average Bonchev–Trinajstić information content (AvgIpc) is 3.15. The van der Waals surface area contributed by atoms with Crippen molar-refractivity contribution < 1.29 is 19.4 Å². The van der Waals surface area contributed by atoms with Gasteiger partial charge < -0.3 is 14.7 Å². The Hall–Kier alpha value is -1.71. The van der Waals surface area contributed by atoms with Crippen molar-refractivity contribution in [3.63, 3.8) is 0 Å². The summed E-state index contributed by atoms with van der Waals surface area (Å²) in [6.07, 6.45) is 4.87. The number of hydrogen-bond acceptors (Lipinski definition) is 7. The summed E-state index contributed by atoms with van der Waals surface area (Å²) in [6, 6.07) is 0. The summed E-state index contributed by atoms with van der Waals surface area (Å²) in [7, 11) is 0. The number of ether oxygens (including phenoxy) is 1. The fraction of sp³-hybridized carbons (Fsp3) is 0.737. The highest BCUT2D eigenvalue weighted by atomic mass is 32.1. The minimum Gasteiger partial charge on any atom is -0.390 e. The van der Waals surface area contributed by atoms with Gasteiger partial charge in [0, 0.05) is 18.5 Å². The van der Waals surface area contributed by atoms with Crippen molar-refractivity contribution in [1.82, 2.24) is 15.8 Å². The van der Waals surface area contributed by atoms with E-state index < -0.39 is 16.9 Å². The lowest BCUT2D eigenvalue weighted by atomic mass is 9.47. The van der Waals surface area contributed by atoms with Gasteiger partial charge in [-0.3, -0.25) is 20.4 Å². The fourth-order valence-corrected chi connectivity index (χ4v) is 6.92. The molecule has 1 aliphatic heterocycles. The molecule has 5 fully saturated rings. The Kier molecular flexibility index (Phi) is 4.37. The van der Waals surface area contributed by atoms with Crippen molar-refractivity contribution in [3.05, 3.63) is 11.1 Å². The fourth-order valence-electron chi connectivity index (χ4n) is 6.06. The van der Waals surface area contributed by atoms with Crippen LogP contribution in [0.15, 0.2) is 5.38 Å². The second-order valence-corrected chi connectivity index (χ2v) is 9.83. The predicted molar refractivity (Wildman–Crippen MR) is 103 cm³/mol. The van der Waals surface area contributed by atoms with Gasteiger partial charge >= 0.3 is 0 Å². The number of anilines is 1. The van der Waals surface area contributed by atoms with Gasteiger partial charge in [0.15, 0.2) is 5.13 Å². The first-order valence-electron chi connectivity index (χ1n) is 10.1. The lowest BCUT2D eigenvalue weighted by molar-refractivity contribution is -0.178. The quantitative estimate of drug-likeness (QED) is 0.649. The van der Waals surface area contributed by atoms with E-state index in [-0.39, 0.29) is 5.91 Å². The molecule has 0 radical (unpaired) electrons. The molecule has 1 aromatic rings. The Bertz CT molecular complexity index is 777. The number of aliphatic hydroxyl groups is 1. The zero-order chi connectivity index (χ0) is 19.4. The Morgan fingerprint density at radius 2 is 1.89 bits per heavy atom. The summed E-state index contributed by atoms with van der Waals surface area (Å²) in [5.41, 5.74) is 4.21. The molecule has 2 atom stereocenters. The van der Waals surface area contributed by atoms with E-state index in [1.807, 2.05) is 0 Å². The van der Waals surface area contributed by atoms with Crippen LogP contribution in [0.5, 0.6) is 0 Å². The third kappa shape index (κ3) is 3.19. The molecule has 0 spiro atoms. The van der Waals surface area contributed by atoms with Crippen molar-refractivity contribution in [2.45, 2.75) is 44.1 Å². The number of thiazole rings is 1. The molecular weight excluding hydrogens is 380 g/mol. The Morgan fingerprint density at radius 3 is 2.57 bits per heavy atom. The molecule has 9 heteroatoms. The summed E-state index contributed by atoms with van der Waals surface area (Å²) < 4.78 is 5.34. The molecule has 2 unspecified atom stereocenters. The van der Waals surface area contributed by atoms with E-state index in [0.29, 0.717) is 37.2 Å². The van der Waals surface area contributed by atoms with Gasteiger partial charge in [-0.25, -0.2) is 4.98 Å². The Morgan fingerprint density at radius 1 is 1.18 bits per heavy atom. The van der Waals surface area contributed by atoms with Gasteiger partial charge in [-0.15, -0.1) is 11.3 Å². The largest absolute Gasteiger partial charge is 0.390 e. The minimum absolute atomic E-state index is 0.169. The third-order valence-electron chi connectivity index (χ3n) is 6.81. The number of nitrogens with zero attached hydrogens (tertiary/aromatic N) is 2. The number of nitrogens with one attached hydrogen (secondary N) is 2. The van der Waals surface area contributed by atoms with Gasteiger partial charge in [0.05, 0.1) is 24.2 Å². The monoisotopic (exact) mass is 406 g/mol. The van der Waals surface area contributed by atoms with E-state index in [9.17, 15) is 14.7 Å². The van der Waals surface area contributed by atoms with Gasteiger partial charge in [-0.2, -0.15) is 0 Å². The molecule has 1 aromatic heterocycles. The van der Waals surface area contributed by atoms with Crippen LogP contribution in [0.4, 0.5) is 5.13 Å². The molecular formula is C19H26N4O4S. The zero-order valence-corrected chi connectivity index (χ0v) is 16.6. The highest BCUT2D eigenvalue weighted by molar-refractivity contribution is 7.13. The third-order valence-corrected chi connectivity index (χ3v) is 7.71. The molecule has 2 heterocycles. The number of rotatable bonds is 3. The van der Waals surface area contributed by atoms with E-state index in [4.69, 9.17) is 4.74 Å². The van der Waals surface area contributed by atoms with Crippen LogP contribution in [-0.4, -0.2) is 53.8 Å². The van der Waals surface area contributed by atoms with Crippen molar-refractivity contribution >= 4 is 28.3 Å². The standard InChI is InChI=1S/C19H26N4O4S/c24-15(14-10-28-17(20-14)23-1-3-27-4-2-23)21-22-16(25)18-6-12-5-13(7-18)9-19(26,8-12)11-18/h10,12-13,26H,1-9,11H2,(H,21,24)(H,22,25). The smallest absolute Gasteiger partial charge is 0.289 e. The molecule has 4 saturated carbocycles. The van der Waals surface area contributed by atoms with Crippen LogP contribution in [0.3, 0.4) is 0 Å². The highest BCUT2D eigenvalue weighted by Gasteiger charge is 2.60. The number of aromatic nitrogens is 1. The zero-order valence-electron chi connectivity index (χ0n) is 15.8. The molecule has 0 aromatic carbocycles. The van der Waals surface area contributed by atoms with E-state index >= 15 is 0 Å². The second-order valence-electron chi connectivity index (χ2n) is 8.99. The molecule has 2 amide bonds. The van der Waals surface area contributed by atoms with E-state index in [1.54, 1.807) is 5.38 Å². The number of carbonyl (C=O) groups excluding carboxylic acids is 2. The van der Waals surface area contributed by atoms with Crippen molar-refractivity contribution in [3.8, 4) is 0 Å². The first-order chi connectivity index (χ1) is 13.4.